The van der Waals surface area contributed by atoms with Crippen LogP contribution in [0.3, 0.4) is 0 Å². The highest BCUT2D eigenvalue weighted by Crippen LogP contribution is 2.24. The van der Waals surface area contributed by atoms with Crippen LogP contribution >= 0.6 is 0 Å². The van der Waals surface area contributed by atoms with Crippen molar-refractivity contribution in [1.82, 2.24) is 0 Å². The van der Waals surface area contributed by atoms with Crippen molar-refractivity contribution < 1.29 is 13.2 Å². The van der Waals surface area contributed by atoms with Crippen LogP contribution in [0.15, 0.2) is 24.3 Å². The maximum absolute atomic E-state index is 12.3. The predicted octanol–water partition coefficient (Wildman–Crippen LogP) is 1.24. The van der Waals surface area contributed by atoms with Crippen LogP contribution in [0.2, 0.25) is 0 Å². The molecule has 2 N–H and O–H groups in total. The number of nitrogens with two attached hydrogens (primary N) is 1. The minimum absolute atomic E-state index is 0.0796. The number of hydrogen-bond donors (Lipinski definition) is 1. The van der Waals surface area contributed by atoms with Gasteiger partial charge < -0.3 is 10.5 Å². The fourth-order valence-corrected chi connectivity index (χ4v) is 4.28. The quantitative estimate of drug-likeness (QED) is 0.892. The topological polar surface area (TPSA) is 69.4 Å². The fourth-order valence-electron chi connectivity index (χ4n) is 2.29. The monoisotopic (exact) mass is 269 g/mol. The molecule has 0 radical (unpaired) electrons. The van der Waals surface area contributed by atoms with E-state index in [0.29, 0.717) is 19.6 Å². The van der Waals surface area contributed by atoms with Crippen LogP contribution in [0.5, 0.6) is 0 Å². The second-order valence-electron chi connectivity index (χ2n) is 4.73. The maximum Gasteiger partial charge on any atom is 0.159 e. The minimum Gasteiger partial charge on any atom is -0.377 e. The molecule has 1 aromatic carbocycles. The summed E-state index contributed by atoms with van der Waals surface area (Å²) in [5.41, 5.74) is 7.33. The first-order valence-corrected chi connectivity index (χ1v) is 7.85. The molecule has 0 bridgehead atoms. The lowest BCUT2D eigenvalue weighted by Gasteiger charge is -2.15. The lowest BCUT2D eigenvalue weighted by atomic mass is 10.1. The molecule has 1 aliphatic rings. The molecule has 0 aromatic heterocycles. The molecule has 5 heteroatoms. The normalized spacial score (nSPS) is 24.3. The Bertz CT molecular complexity index is 495. The smallest absolute Gasteiger partial charge is 0.159 e. The Morgan fingerprint density at radius 2 is 1.89 bits per heavy atom. The standard InChI is InChI=1S/C13H19NO3S/c1-10-13(6-7-17-10)18(15,16)9-12-4-2-11(8-14)3-5-12/h2-5,10,13H,6-9,14H2,1H3. The Morgan fingerprint density at radius 3 is 2.39 bits per heavy atom. The van der Waals surface area contributed by atoms with Crippen LogP contribution < -0.4 is 5.73 Å². The van der Waals surface area contributed by atoms with Gasteiger partial charge in [-0.2, -0.15) is 0 Å². The van der Waals surface area contributed by atoms with Crippen LogP contribution in [0.25, 0.3) is 0 Å². The van der Waals surface area contributed by atoms with Gasteiger partial charge in [0.05, 0.1) is 17.1 Å². The summed E-state index contributed by atoms with van der Waals surface area (Å²) in [5, 5.41) is -0.369. The third kappa shape index (κ3) is 2.91. The van der Waals surface area contributed by atoms with Crippen molar-refractivity contribution in [2.45, 2.75) is 37.0 Å². The van der Waals surface area contributed by atoms with Crippen molar-refractivity contribution in [1.29, 1.82) is 0 Å². The minimum atomic E-state index is -3.14. The van der Waals surface area contributed by atoms with Gasteiger partial charge in [0, 0.05) is 13.2 Å². The molecule has 0 saturated carbocycles. The van der Waals surface area contributed by atoms with Gasteiger partial charge in [-0.15, -0.1) is 0 Å². The van der Waals surface area contributed by atoms with Gasteiger partial charge in [-0.05, 0) is 24.5 Å². The van der Waals surface area contributed by atoms with Crippen molar-refractivity contribution in [2.24, 2.45) is 5.73 Å². The molecule has 2 unspecified atom stereocenters. The van der Waals surface area contributed by atoms with Gasteiger partial charge in [-0.25, -0.2) is 8.42 Å². The zero-order chi connectivity index (χ0) is 13.2. The molecule has 1 aliphatic heterocycles. The lowest BCUT2D eigenvalue weighted by Crippen LogP contribution is -2.29. The van der Waals surface area contributed by atoms with Gasteiger partial charge in [0.25, 0.3) is 0 Å². The first-order valence-electron chi connectivity index (χ1n) is 6.14. The summed E-state index contributed by atoms with van der Waals surface area (Å²) in [7, 11) is -3.14. The van der Waals surface area contributed by atoms with E-state index in [0.717, 1.165) is 11.1 Å². The summed E-state index contributed by atoms with van der Waals surface area (Å²) < 4.78 is 29.9. The van der Waals surface area contributed by atoms with Gasteiger partial charge in [0.1, 0.15) is 0 Å². The number of ether oxygens (including phenoxy) is 1. The fraction of sp³-hybridized carbons (Fsp3) is 0.538. The summed E-state index contributed by atoms with van der Waals surface area (Å²) in [6.07, 6.45) is 0.406. The van der Waals surface area contributed by atoms with Crippen LogP contribution in [0.1, 0.15) is 24.5 Å². The molecule has 2 rings (SSSR count). The van der Waals surface area contributed by atoms with Gasteiger partial charge in [0.15, 0.2) is 9.84 Å². The second-order valence-corrected chi connectivity index (χ2v) is 6.95. The summed E-state index contributed by atoms with van der Waals surface area (Å²) in [6.45, 7) is 2.84. The van der Waals surface area contributed by atoms with Crippen LogP contribution in [0.4, 0.5) is 0 Å². The Hall–Kier alpha value is -0.910. The Labute approximate surface area is 108 Å². The average Bonchev–Trinajstić information content (AvgIpc) is 2.77. The van der Waals surface area contributed by atoms with Gasteiger partial charge in [-0.3, -0.25) is 0 Å². The summed E-state index contributed by atoms with van der Waals surface area (Å²) in [6, 6.07) is 7.42. The Balaban J connectivity index is 2.11. The van der Waals surface area contributed by atoms with Crippen molar-refractivity contribution in [2.75, 3.05) is 6.61 Å². The largest absolute Gasteiger partial charge is 0.377 e. The molecular weight excluding hydrogens is 250 g/mol. The van der Waals surface area contributed by atoms with Crippen LogP contribution in [0, 0.1) is 0 Å². The van der Waals surface area contributed by atoms with Gasteiger partial charge >= 0.3 is 0 Å². The second kappa shape index (κ2) is 5.38. The molecule has 1 aromatic rings. The lowest BCUT2D eigenvalue weighted by molar-refractivity contribution is 0.126. The Kier molecular flexibility index (Phi) is 4.04. The number of rotatable bonds is 4. The van der Waals surface area contributed by atoms with E-state index in [1.165, 1.54) is 0 Å². The van der Waals surface area contributed by atoms with E-state index >= 15 is 0 Å². The molecule has 100 valence electrons. The average molecular weight is 269 g/mol. The first kappa shape index (κ1) is 13.5. The summed E-state index contributed by atoms with van der Waals surface area (Å²) >= 11 is 0. The molecule has 1 heterocycles. The van der Waals surface area contributed by atoms with E-state index in [-0.39, 0.29) is 17.1 Å². The predicted molar refractivity (Wildman–Crippen MR) is 70.8 cm³/mol. The molecular formula is C13H19NO3S. The number of benzene rings is 1. The maximum atomic E-state index is 12.3. The van der Waals surface area contributed by atoms with Crippen molar-refractivity contribution >= 4 is 9.84 Å². The molecule has 0 amide bonds. The van der Waals surface area contributed by atoms with Crippen molar-refractivity contribution in [3.05, 3.63) is 35.4 Å². The van der Waals surface area contributed by atoms with E-state index in [9.17, 15) is 8.42 Å². The molecule has 1 saturated heterocycles. The number of sulfone groups is 1. The van der Waals surface area contributed by atoms with E-state index in [1.54, 1.807) is 0 Å². The van der Waals surface area contributed by atoms with E-state index < -0.39 is 9.84 Å². The molecule has 4 nitrogen and oxygen atoms in total. The SMILES string of the molecule is CC1OCCC1S(=O)(=O)Cc1ccc(CN)cc1. The number of hydrogen-bond acceptors (Lipinski definition) is 4. The van der Waals surface area contributed by atoms with E-state index in [2.05, 4.69) is 0 Å². The van der Waals surface area contributed by atoms with E-state index in [1.807, 2.05) is 31.2 Å². The molecule has 0 spiro atoms. The summed E-state index contributed by atoms with van der Waals surface area (Å²) in [4.78, 5) is 0. The van der Waals surface area contributed by atoms with Crippen LogP contribution in [-0.4, -0.2) is 26.4 Å². The van der Waals surface area contributed by atoms with Crippen molar-refractivity contribution in [3.63, 3.8) is 0 Å². The summed E-state index contributed by atoms with van der Waals surface area (Å²) in [5.74, 6) is 0.0796. The van der Waals surface area contributed by atoms with Crippen molar-refractivity contribution in [3.8, 4) is 0 Å². The highest BCUT2D eigenvalue weighted by Gasteiger charge is 2.35. The van der Waals surface area contributed by atoms with E-state index in [4.69, 9.17) is 10.5 Å². The highest BCUT2D eigenvalue weighted by atomic mass is 32.2. The first-order chi connectivity index (χ1) is 8.53. The zero-order valence-electron chi connectivity index (χ0n) is 10.5. The molecule has 0 aliphatic carbocycles. The molecule has 1 fully saturated rings. The van der Waals surface area contributed by atoms with Gasteiger partial charge in [0.2, 0.25) is 0 Å². The highest BCUT2D eigenvalue weighted by molar-refractivity contribution is 7.91. The Morgan fingerprint density at radius 1 is 1.28 bits per heavy atom. The molecule has 2 atom stereocenters. The van der Waals surface area contributed by atoms with Gasteiger partial charge in [-0.1, -0.05) is 24.3 Å². The third-order valence-corrected chi connectivity index (χ3v) is 5.67. The third-order valence-electron chi connectivity index (χ3n) is 3.39. The molecule has 18 heavy (non-hydrogen) atoms. The zero-order valence-corrected chi connectivity index (χ0v) is 11.3. The van der Waals surface area contributed by atoms with Crippen LogP contribution in [-0.2, 0) is 26.9 Å².